The van der Waals surface area contributed by atoms with E-state index in [-0.39, 0.29) is 6.29 Å². The number of hydrogen-bond donors (Lipinski definition) is 0. The molecule has 0 radical (unpaired) electrons. The third kappa shape index (κ3) is 4.94. The molecule has 6 heteroatoms. The molecule has 0 spiro atoms. The van der Waals surface area contributed by atoms with Crippen LogP contribution in [0, 0.1) is 0 Å². The number of nitrogens with zero attached hydrogens (tertiary/aromatic N) is 3. The normalized spacial score (nSPS) is 22.2. The second kappa shape index (κ2) is 9.56. The Balaban J connectivity index is 1.43. The van der Waals surface area contributed by atoms with Crippen molar-refractivity contribution in [3.05, 3.63) is 59.5 Å². The van der Waals surface area contributed by atoms with E-state index >= 15 is 0 Å². The number of benzene rings is 1. The minimum absolute atomic E-state index is 0.330. The quantitative estimate of drug-likeness (QED) is 0.714. The molecule has 0 saturated carbocycles. The average molecular weight is 386 g/mol. The van der Waals surface area contributed by atoms with Crippen molar-refractivity contribution in [2.45, 2.75) is 12.9 Å². The Labute approximate surface area is 167 Å². The monoisotopic (exact) mass is 385 g/mol. The summed E-state index contributed by atoms with van der Waals surface area (Å²) in [5, 5.41) is 0. The summed E-state index contributed by atoms with van der Waals surface area (Å²) >= 11 is 0. The molecule has 152 valence electrons. The first-order chi connectivity index (χ1) is 13.8. The van der Waals surface area contributed by atoms with Gasteiger partial charge in [0.1, 0.15) is 18.1 Å². The molecule has 28 heavy (non-hydrogen) atoms. The largest absolute Gasteiger partial charge is 0.487 e. The lowest BCUT2D eigenvalue weighted by Gasteiger charge is -2.37. The van der Waals surface area contributed by atoms with Crippen LogP contribution < -0.4 is 0 Å². The lowest BCUT2D eigenvalue weighted by Crippen LogP contribution is -2.47. The van der Waals surface area contributed by atoms with Crippen molar-refractivity contribution in [2.75, 3.05) is 66.1 Å². The van der Waals surface area contributed by atoms with Gasteiger partial charge < -0.3 is 24.0 Å². The molecule has 2 saturated heterocycles. The first kappa shape index (κ1) is 19.5. The van der Waals surface area contributed by atoms with Gasteiger partial charge in [-0.3, -0.25) is 4.90 Å². The van der Waals surface area contributed by atoms with E-state index < -0.39 is 0 Å². The standard InChI is InChI=1S/C22H31N3O3/c1-23-10-12-24(13-11-23)14-15-25-9-5-8-20(21(25)22-26-16-17-27-22)28-18-19-6-3-2-4-7-19/h2-8,22H,9-18H2,1H3. The third-order valence-corrected chi connectivity index (χ3v) is 5.55. The van der Waals surface area contributed by atoms with Gasteiger partial charge in [0.25, 0.3) is 0 Å². The van der Waals surface area contributed by atoms with Crippen molar-refractivity contribution in [3.8, 4) is 0 Å². The minimum Gasteiger partial charge on any atom is -0.487 e. The van der Waals surface area contributed by atoms with Gasteiger partial charge in [-0.25, -0.2) is 0 Å². The zero-order valence-corrected chi connectivity index (χ0v) is 16.8. The van der Waals surface area contributed by atoms with Crippen molar-refractivity contribution in [1.82, 2.24) is 14.7 Å². The number of likely N-dealkylation sites (N-methyl/N-ethyl adjacent to an activating group) is 1. The van der Waals surface area contributed by atoms with Crippen LogP contribution in [0.25, 0.3) is 0 Å². The molecule has 2 fully saturated rings. The molecule has 1 aromatic carbocycles. The number of ether oxygens (including phenoxy) is 3. The van der Waals surface area contributed by atoms with Crippen molar-refractivity contribution in [3.63, 3.8) is 0 Å². The zero-order chi connectivity index (χ0) is 19.2. The highest BCUT2D eigenvalue weighted by Gasteiger charge is 2.31. The Kier molecular flexibility index (Phi) is 6.65. The van der Waals surface area contributed by atoms with Gasteiger partial charge in [0.15, 0.2) is 0 Å². The van der Waals surface area contributed by atoms with Gasteiger partial charge >= 0.3 is 0 Å². The van der Waals surface area contributed by atoms with Crippen molar-refractivity contribution in [1.29, 1.82) is 0 Å². The summed E-state index contributed by atoms with van der Waals surface area (Å²) < 4.78 is 17.9. The number of rotatable bonds is 7. The Morgan fingerprint density at radius 2 is 1.75 bits per heavy atom. The van der Waals surface area contributed by atoms with E-state index in [2.05, 4.69) is 46.0 Å². The maximum absolute atomic E-state index is 6.20. The van der Waals surface area contributed by atoms with Crippen LogP contribution in [0.1, 0.15) is 5.56 Å². The van der Waals surface area contributed by atoms with E-state index in [1.807, 2.05) is 18.2 Å². The highest BCUT2D eigenvalue weighted by molar-refractivity contribution is 5.27. The predicted octanol–water partition coefficient (Wildman–Crippen LogP) is 1.91. The Morgan fingerprint density at radius 1 is 1.00 bits per heavy atom. The summed E-state index contributed by atoms with van der Waals surface area (Å²) in [6.45, 7) is 9.22. The van der Waals surface area contributed by atoms with Crippen LogP contribution in [-0.2, 0) is 20.8 Å². The van der Waals surface area contributed by atoms with Gasteiger partial charge in [-0.05, 0) is 18.7 Å². The van der Waals surface area contributed by atoms with Crippen molar-refractivity contribution >= 4 is 0 Å². The molecule has 3 aliphatic rings. The molecule has 3 heterocycles. The van der Waals surface area contributed by atoms with Crippen LogP contribution in [0.5, 0.6) is 0 Å². The first-order valence-electron chi connectivity index (χ1n) is 10.3. The SMILES string of the molecule is CN1CCN(CCN2CC=CC(OCc3ccccc3)=C2C2OCCO2)CC1. The number of piperazine rings is 1. The van der Waals surface area contributed by atoms with Gasteiger partial charge in [-0.1, -0.05) is 36.4 Å². The van der Waals surface area contributed by atoms with Crippen LogP contribution in [-0.4, -0.2) is 87.1 Å². The number of allylic oxidation sites excluding steroid dienone is 1. The zero-order valence-electron chi connectivity index (χ0n) is 16.8. The highest BCUT2D eigenvalue weighted by atomic mass is 16.7. The van der Waals surface area contributed by atoms with Gasteiger partial charge in [-0.2, -0.15) is 0 Å². The van der Waals surface area contributed by atoms with Crippen LogP contribution in [0.4, 0.5) is 0 Å². The van der Waals surface area contributed by atoms with Crippen LogP contribution in [0.15, 0.2) is 53.9 Å². The molecule has 4 rings (SSSR count). The van der Waals surface area contributed by atoms with E-state index in [1.165, 1.54) is 0 Å². The van der Waals surface area contributed by atoms with Gasteiger partial charge in [-0.15, -0.1) is 0 Å². The van der Waals surface area contributed by atoms with Crippen molar-refractivity contribution in [2.24, 2.45) is 0 Å². The Hall–Kier alpha value is -1.86. The molecule has 0 amide bonds. The molecule has 3 aliphatic heterocycles. The molecule has 0 atom stereocenters. The second-order valence-corrected chi connectivity index (χ2v) is 7.59. The summed E-state index contributed by atoms with van der Waals surface area (Å²) in [7, 11) is 2.19. The van der Waals surface area contributed by atoms with Crippen LogP contribution >= 0.6 is 0 Å². The maximum Gasteiger partial charge on any atom is 0.202 e. The van der Waals surface area contributed by atoms with E-state index in [0.717, 1.165) is 62.8 Å². The minimum atomic E-state index is -0.330. The molecule has 0 N–H and O–H groups in total. The molecule has 0 aliphatic carbocycles. The average Bonchev–Trinajstić information content (AvgIpc) is 3.27. The smallest absolute Gasteiger partial charge is 0.202 e. The Bertz CT molecular complexity index is 678. The fourth-order valence-electron chi connectivity index (χ4n) is 3.81. The molecular weight excluding hydrogens is 354 g/mol. The fourth-order valence-corrected chi connectivity index (χ4v) is 3.81. The lowest BCUT2D eigenvalue weighted by molar-refractivity contribution is -0.0367. The first-order valence-corrected chi connectivity index (χ1v) is 10.3. The molecule has 0 aromatic heterocycles. The summed E-state index contributed by atoms with van der Waals surface area (Å²) in [6, 6.07) is 10.3. The molecule has 0 unspecified atom stereocenters. The second-order valence-electron chi connectivity index (χ2n) is 7.59. The van der Waals surface area contributed by atoms with Crippen LogP contribution in [0.3, 0.4) is 0 Å². The van der Waals surface area contributed by atoms with E-state index in [1.54, 1.807) is 0 Å². The summed E-state index contributed by atoms with van der Waals surface area (Å²) in [6.07, 6.45) is 3.90. The van der Waals surface area contributed by atoms with E-state index in [4.69, 9.17) is 14.2 Å². The summed E-state index contributed by atoms with van der Waals surface area (Å²) in [5.74, 6) is 0.861. The highest BCUT2D eigenvalue weighted by Crippen LogP contribution is 2.27. The van der Waals surface area contributed by atoms with Gasteiger partial charge in [0.2, 0.25) is 6.29 Å². The van der Waals surface area contributed by atoms with E-state index in [0.29, 0.717) is 19.8 Å². The molecule has 0 bridgehead atoms. The topological polar surface area (TPSA) is 37.4 Å². The fraction of sp³-hybridized carbons (Fsp3) is 0.545. The molecule has 6 nitrogen and oxygen atoms in total. The summed E-state index contributed by atoms with van der Waals surface area (Å²) in [5.41, 5.74) is 2.19. The maximum atomic E-state index is 6.20. The molecule has 1 aromatic rings. The van der Waals surface area contributed by atoms with Crippen LogP contribution in [0.2, 0.25) is 0 Å². The Morgan fingerprint density at radius 3 is 2.50 bits per heavy atom. The summed E-state index contributed by atoms with van der Waals surface area (Å²) in [4.78, 5) is 7.28. The third-order valence-electron chi connectivity index (χ3n) is 5.55. The van der Waals surface area contributed by atoms with Crippen molar-refractivity contribution < 1.29 is 14.2 Å². The predicted molar refractivity (Wildman–Crippen MR) is 109 cm³/mol. The molecular formula is C22H31N3O3. The van der Waals surface area contributed by atoms with Gasteiger partial charge in [0, 0.05) is 45.8 Å². The lowest BCUT2D eigenvalue weighted by atomic mass is 10.2. The number of hydrogen-bond acceptors (Lipinski definition) is 6. The van der Waals surface area contributed by atoms with Gasteiger partial charge in [0.05, 0.1) is 13.2 Å². The van der Waals surface area contributed by atoms with E-state index in [9.17, 15) is 0 Å².